The molecule has 0 aliphatic heterocycles. The summed E-state index contributed by atoms with van der Waals surface area (Å²) in [7, 11) is 0. The molecule has 0 unspecified atom stereocenters. The summed E-state index contributed by atoms with van der Waals surface area (Å²) >= 11 is 4.86. The van der Waals surface area contributed by atoms with Crippen LogP contribution in [0.5, 0.6) is 0 Å². The average Bonchev–Trinajstić information content (AvgIpc) is 3.74. The molecule has 8 aromatic rings. The fourth-order valence-corrected chi connectivity index (χ4v) is 7.22. The zero-order valence-electron chi connectivity index (χ0n) is 48.7. The molecular weight excluding hydrogens is 1090 g/mol. The van der Waals surface area contributed by atoms with E-state index in [1.807, 2.05) is 96.2 Å². The van der Waals surface area contributed by atoms with Gasteiger partial charge in [-0.1, -0.05) is 83.1 Å². The monoisotopic (exact) mass is 1160 g/mol. The summed E-state index contributed by atoms with van der Waals surface area (Å²) in [5.74, 6) is -1.77. The highest BCUT2D eigenvalue weighted by atomic mass is 35.5. The first-order valence-electron chi connectivity index (χ1n) is 26.3. The number of aldehydes is 1. The standard InChI is InChI=1S/C16H20N2O3.C12H12N2O2.C11H9N3O.C9H16O4.C7H8N2O.C5H9ClO2/c1-10(9-13(19)21-16(2,3)4)14-17-12-8-6-5-7-11(12)15(20)18-14;1-8(6-7-15)11-13-10-5-3-2-4-9(10)12(16)14-11;1-7-10-13-11(15)8-4-2-3-5-9(8)14(10)6-12-7;1-6(8(11)12)5-7(10)13-9(2,3)4;8-6-4-2-1-3-5(6)7(9)10;1-4(2)3-8-5(6)7/h5-8,10H,9H2,1-4H3,(H,17,18,20);2-5,7-8H,6H2,1H3,(H,13,14,16);2-6H,1H3,(H,13,15);6H,5H2,1-4H3,(H,11,12);1-4H,8H2,(H2,9,10);4H,3H2,1-2H3/t10-;8-;;6-;;/m00.0../s1. The Morgan fingerprint density at radius 1 is 0.675 bits per heavy atom. The maximum absolute atomic E-state index is 12.0. The van der Waals surface area contributed by atoms with E-state index in [0.29, 0.717) is 69.0 Å². The normalized spacial score (nSPS) is 11.9. The third-order valence-corrected chi connectivity index (χ3v) is 11.3. The molecule has 4 aromatic carbocycles. The summed E-state index contributed by atoms with van der Waals surface area (Å²) in [5.41, 5.74) is 12.8. The quantitative estimate of drug-likeness (QED) is 0.0218. The third kappa shape index (κ3) is 23.1. The molecule has 0 radical (unpaired) electrons. The summed E-state index contributed by atoms with van der Waals surface area (Å²) in [6, 6.07) is 28.5. The number of para-hydroxylation sites is 4. The van der Waals surface area contributed by atoms with Gasteiger partial charge in [0.15, 0.2) is 0 Å². The van der Waals surface area contributed by atoms with E-state index in [1.165, 1.54) is 6.92 Å². The van der Waals surface area contributed by atoms with Gasteiger partial charge in [0.1, 0.15) is 41.1 Å². The second-order valence-electron chi connectivity index (χ2n) is 21.4. The number of ether oxygens (including phenoxy) is 3. The Morgan fingerprint density at radius 3 is 1.58 bits per heavy atom. The molecule has 0 aliphatic carbocycles. The minimum Gasteiger partial charge on any atom is -0.481 e. The van der Waals surface area contributed by atoms with E-state index in [1.54, 1.807) is 87.8 Å². The predicted octanol–water partition coefficient (Wildman–Crippen LogP) is 9.68. The van der Waals surface area contributed by atoms with Gasteiger partial charge in [0.05, 0.1) is 69.3 Å². The fourth-order valence-electron chi connectivity index (χ4n) is 7.16. The lowest BCUT2D eigenvalue weighted by atomic mass is 10.1. The van der Waals surface area contributed by atoms with Crippen molar-refractivity contribution in [2.45, 2.75) is 125 Å². The van der Waals surface area contributed by atoms with E-state index in [9.17, 15) is 43.2 Å². The lowest BCUT2D eigenvalue weighted by Gasteiger charge is -2.20. The Morgan fingerprint density at radius 2 is 1.13 bits per heavy atom. The molecule has 22 nitrogen and oxygen atoms in total. The number of halogens is 1. The molecule has 8 rings (SSSR count). The molecule has 3 atom stereocenters. The number of nitrogens with one attached hydrogen (secondary N) is 3. The Kier molecular flexibility index (Phi) is 26.2. The first-order chi connectivity index (χ1) is 38.8. The zero-order valence-corrected chi connectivity index (χ0v) is 49.5. The summed E-state index contributed by atoms with van der Waals surface area (Å²) in [4.78, 5) is 121. The number of anilines is 1. The first-order valence-corrected chi connectivity index (χ1v) is 26.7. The molecule has 0 saturated heterocycles. The van der Waals surface area contributed by atoms with Crippen molar-refractivity contribution in [2.75, 3.05) is 12.3 Å². The number of aromatic nitrogens is 7. The highest BCUT2D eigenvalue weighted by Crippen LogP contribution is 2.20. The summed E-state index contributed by atoms with van der Waals surface area (Å²) < 4.78 is 16.6. The van der Waals surface area contributed by atoms with Crippen molar-refractivity contribution in [1.29, 1.82) is 0 Å². The highest BCUT2D eigenvalue weighted by Gasteiger charge is 2.23. The van der Waals surface area contributed by atoms with Crippen LogP contribution in [-0.4, -0.2) is 92.7 Å². The van der Waals surface area contributed by atoms with Gasteiger partial charge in [-0.15, -0.1) is 0 Å². The molecular formula is C60H74ClN9O13. The van der Waals surface area contributed by atoms with Crippen LogP contribution in [0.25, 0.3) is 38.4 Å². The van der Waals surface area contributed by atoms with E-state index >= 15 is 0 Å². The lowest BCUT2D eigenvalue weighted by Crippen LogP contribution is -2.26. The van der Waals surface area contributed by atoms with Crippen LogP contribution in [0.3, 0.4) is 0 Å². The van der Waals surface area contributed by atoms with E-state index in [-0.39, 0.29) is 47.3 Å². The number of carboxylic acids is 1. The number of rotatable bonds is 12. The van der Waals surface area contributed by atoms with Crippen molar-refractivity contribution in [3.63, 3.8) is 0 Å². The van der Waals surface area contributed by atoms with E-state index in [0.717, 1.165) is 23.1 Å². The van der Waals surface area contributed by atoms with Gasteiger partial charge in [-0.2, -0.15) is 0 Å². The van der Waals surface area contributed by atoms with Gasteiger partial charge in [0.2, 0.25) is 0 Å². The van der Waals surface area contributed by atoms with Crippen molar-refractivity contribution in [3.8, 4) is 0 Å². The number of H-pyrrole nitrogens is 3. The van der Waals surface area contributed by atoms with Crippen LogP contribution < -0.4 is 28.1 Å². The number of benzene rings is 4. The number of nitrogens with two attached hydrogens (primary N) is 2. The molecule has 0 fully saturated rings. The molecule has 1 amide bonds. The lowest BCUT2D eigenvalue weighted by molar-refractivity contribution is -0.159. The summed E-state index contributed by atoms with van der Waals surface area (Å²) in [6.07, 6.45) is 3.02. The SMILES string of the molecule is CC(C)COC(=O)Cl.C[C@@H](CC(=O)OC(C)(C)C)C(=O)O.C[C@@H](CC(=O)OC(C)(C)C)c1nc2ccccc2c(=O)[nH]1.C[C@@H](CC=O)c1nc2ccccc2c(=O)[nH]1.Cc1ncn2c1[nH]c(=O)c1ccccc12.NC(=O)c1ccccc1N. The maximum Gasteiger partial charge on any atom is 0.403 e. The van der Waals surface area contributed by atoms with Crippen molar-refractivity contribution >= 4 is 91.2 Å². The number of amides is 1. The Balaban J connectivity index is 0.000000268. The maximum atomic E-state index is 12.0. The molecule has 0 spiro atoms. The summed E-state index contributed by atoms with van der Waals surface area (Å²) in [6.45, 7) is 22.1. The van der Waals surface area contributed by atoms with Gasteiger partial charge in [-0.25, -0.2) is 19.7 Å². The number of carboxylic acid groups (broad SMARTS) is 1. The fraction of sp³-hybridized carbons (Fsp3) is 0.367. The van der Waals surface area contributed by atoms with Gasteiger partial charge < -0.3 is 50.5 Å². The number of carbonyl (C=O) groups is 6. The molecule has 0 aliphatic rings. The topological polar surface area (TPSA) is 344 Å². The smallest absolute Gasteiger partial charge is 0.403 e. The molecule has 0 bridgehead atoms. The summed E-state index contributed by atoms with van der Waals surface area (Å²) in [5, 5.41) is 10.3. The number of fused-ring (bicyclic) bond motifs is 5. The number of carbonyl (C=O) groups excluding carboxylic acids is 5. The van der Waals surface area contributed by atoms with Crippen LogP contribution >= 0.6 is 11.6 Å². The van der Waals surface area contributed by atoms with Crippen LogP contribution in [0, 0.1) is 18.8 Å². The van der Waals surface area contributed by atoms with Gasteiger partial charge in [0, 0.05) is 35.5 Å². The Labute approximate surface area is 484 Å². The van der Waals surface area contributed by atoms with E-state index in [4.69, 9.17) is 37.6 Å². The number of esters is 2. The number of primary amides is 1. The predicted molar refractivity (Wildman–Crippen MR) is 319 cm³/mol. The number of aromatic amines is 3. The molecule has 4 heterocycles. The number of imidazole rings is 1. The van der Waals surface area contributed by atoms with Crippen molar-refractivity contribution in [2.24, 2.45) is 17.6 Å². The van der Waals surface area contributed by atoms with E-state index < -0.39 is 40.4 Å². The van der Waals surface area contributed by atoms with Crippen molar-refractivity contribution in [1.82, 2.24) is 34.3 Å². The number of hydrogen-bond acceptors (Lipinski definition) is 16. The zero-order chi connectivity index (χ0) is 62.4. The van der Waals surface area contributed by atoms with Gasteiger partial charge in [0.25, 0.3) is 22.6 Å². The molecule has 444 valence electrons. The first kappa shape index (κ1) is 68.2. The van der Waals surface area contributed by atoms with Crippen LogP contribution in [0.1, 0.15) is 135 Å². The third-order valence-electron chi connectivity index (χ3n) is 11.2. The second-order valence-corrected chi connectivity index (χ2v) is 21.7. The molecule has 83 heavy (non-hydrogen) atoms. The minimum atomic E-state index is -0.981. The average molecular weight is 1160 g/mol. The molecule has 8 N–H and O–H groups in total. The van der Waals surface area contributed by atoms with Crippen LogP contribution in [-0.2, 0) is 33.4 Å². The molecule has 0 saturated carbocycles. The van der Waals surface area contributed by atoms with Crippen molar-refractivity contribution < 1.29 is 48.1 Å². The number of hydrogen-bond donors (Lipinski definition) is 6. The molecule has 23 heteroatoms. The number of aliphatic carboxylic acids is 1. The number of nitrogen functional groups attached to an aromatic ring is 1. The highest BCUT2D eigenvalue weighted by molar-refractivity contribution is 6.61. The van der Waals surface area contributed by atoms with Crippen LogP contribution in [0.2, 0.25) is 0 Å². The van der Waals surface area contributed by atoms with Gasteiger partial charge in [-0.05, 0) is 103 Å². The number of aryl methyl sites for hydroxylation is 1. The number of nitrogens with zero attached hydrogens (tertiary/aromatic N) is 4. The van der Waals surface area contributed by atoms with Crippen LogP contribution in [0.15, 0.2) is 118 Å². The minimum absolute atomic E-state index is 0.0604. The van der Waals surface area contributed by atoms with E-state index in [2.05, 4.69) is 34.6 Å². The van der Waals surface area contributed by atoms with Gasteiger partial charge in [-0.3, -0.25) is 38.0 Å². The Hall–Kier alpha value is -9.05. The van der Waals surface area contributed by atoms with Gasteiger partial charge >= 0.3 is 23.3 Å². The second kappa shape index (κ2) is 31.8. The molecule has 4 aromatic heterocycles. The van der Waals surface area contributed by atoms with Crippen molar-refractivity contribution in [3.05, 3.63) is 157 Å². The van der Waals surface area contributed by atoms with Crippen LogP contribution in [0.4, 0.5) is 10.5 Å². The largest absolute Gasteiger partial charge is 0.481 e. The Bertz CT molecular complexity index is 3690.